The number of nitrogens with zero attached hydrogens (tertiary/aromatic N) is 2. The van der Waals surface area contributed by atoms with Gasteiger partial charge in [-0.2, -0.15) is 0 Å². The predicted molar refractivity (Wildman–Crippen MR) is 370 cm³/mol. The van der Waals surface area contributed by atoms with Crippen LogP contribution < -0.4 is 9.80 Å². The number of para-hydroxylation sites is 2. The maximum atomic E-state index is 2.42. The second-order valence-electron chi connectivity index (χ2n) is 25.4. The first-order chi connectivity index (χ1) is 42.4. The number of hydrogen-bond acceptors (Lipinski definition) is 2. The maximum Gasteiger partial charge on any atom is 0.0465 e. The van der Waals surface area contributed by atoms with Crippen LogP contribution in [0.5, 0.6) is 0 Å². The molecule has 15 rings (SSSR count). The molecule has 12 aromatic rings. The van der Waals surface area contributed by atoms with Crippen molar-refractivity contribution in [2.45, 2.75) is 57.8 Å². The molecule has 418 valence electrons. The van der Waals surface area contributed by atoms with Crippen molar-refractivity contribution in [3.63, 3.8) is 0 Å². The van der Waals surface area contributed by atoms with Gasteiger partial charge in [0.05, 0.1) is 0 Å². The van der Waals surface area contributed by atoms with E-state index >= 15 is 0 Å². The van der Waals surface area contributed by atoms with Crippen LogP contribution in [0.1, 0.15) is 97.2 Å². The smallest absolute Gasteiger partial charge is 0.0465 e. The van der Waals surface area contributed by atoms with Gasteiger partial charge in [-0.25, -0.2) is 0 Å². The van der Waals surface area contributed by atoms with Crippen molar-refractivity contribution in [1.29, 1.82) is 0 Å². The van der Waals surface area contributed by atoms with Crippen LogP contribution in [0.3, 0.4) is 0 Å². The lowest BCUT2D eigenvalue weighted by atomic mass is 9.81. The normalized spacial score (nSPS) is 14.3. The summed E-state index contributed by atoms with van der Waals surface area (Å²) in [5.74, 6) is 0. The van der Waals surface area contributed by atoms with E-state index < -0.39 is 0 Å². The molecule has 2 nitrogen and oxygen atoms in total. The fourth-order valence-electron chi connectivity index (χ4n) is 14.3. The van der Waals surface area contributed by atoms with Gasteiger partial charge in [0.2, 0.25) is 0 Å². The molecule has 87 heavy (non-hydrogen) atoms. The van der Waals surface area contributed by atoms with Gasteiger partial charge in [0.25, 0.3) is 0 Å². The van der Waals surface area contributed by atoms with E-state index in [4.69, 9.17) is 0 Å². The summed E-state index contributed by atoms with van der Waals surface area (Å²) < 4.78 is 0. The first-order valence-electron chi connectivity index (χ1n) is 30.6. The van der Waals surface area contributed by atoms with E-state index in [9.17, 15) is 0 Å². The molecule has 0 amide bonds. The standard InChI is InChI=1S/C85H68N2/c1-83(2)77-51-57(27-29-59-33-47-73-75-49-43-69(55-81(75)84(3,4)79(73)53-59)86(65-23-15-9-16-24-65)67-39-35-63(36-40-67)61-19-11-7-12-20-61)31-45-71(77)72-46-32-58(52-78(72)83)28-30-60-34-48-74-76-50-44-70(56-82(76)85(5,6)80(74)54-60)87(66-25-17-10-18-26-66)68-41-37-64(38-42-68)62-21-13-8-14-22-62/h7-56H,1-6H3. The van der Waals surface area contributed by atoms with Crippen molar-refractivity contribution in [2.24, 2.45) is 0 Å². The molecule has 0 bridgehead atoms. The molecule has 3 aliphatic carbocycles. The zero-order valence-corrected chi connectivity index (χ0v) is 50.3. The lowest BCUT2D eigenvalue weighted by Crippen LogP contribution is -2.16. The lowest BCUT2D eigenvalue weighted by molar-refractivity contribution is 0.660. The van der Waals surface area contributed by atoms with Crippen LogP contribution in [-0.2, 0) is 16.2 Å². The molecule has 0 heterocycles. The molecule has 0 saturated heterocycles. The highest BCUT2D eigenvalue weighted by atomic mass is 15.1. The van der Waals surface area contributed by atoms with Crippen molar-refractivity contribution < 1.29 is 0 Å². The summed E-state index contributed by atoms with van der Waals surface area (Å²) in [7, 11) is 0. The Morgan fingerprint density at radius 3 is 0.713 bits per heavy atom. The fourth-order valence-corrected chi connectivity index (χ4v) is 14.3. The number of fused-ring (bicyclic) bond motifs is 9. The van der Waals surface area contributed by atoms with Crippen LogP contribution in [0, 0.1) is 0 Å². The zero-order chi connectivity index (χ0) is 59.0. The quantitative estimate of drug-likeness (QED) is 0.113. The van der Waals surface area contributed by atoms with Crippen LogP contribution in [0.25, 0.3) is 79.9 Å². The van der Waals surface area contributed by atoms with Gasteiger partial charge in [-0.05, 0) is 184 Å². The van der Waals surface area contributed by atoms with Gasteiger partial charge in [0.15, 0.2) is 0 Å². The highest BCUT2D eigenvalue weighted by Gasteiger charge is 2.39. The Bertz CT molecular complexity index is 4360. The van der Waals surface area contributed by atoms with Gasteiger partial charge in [-0.1, -0.05) is 272 Å². The van der Waals surface area contributed by atoms with Gasteiger partial charge in [-0.3, -0.25) is 0 Å². The monoisotopic (exact) mass is 1120 g/mol. The first-order valence-corrected chi connectivity index (χ1v) is 30.6. The Labute approximate surface area is 513 Å². The summed E-state index contributed by atoms with van der Waals surface area (Å²) in [4.78, 5) is 4.76. The van der Waals surface area contributed by atoms with Crippen LogP contribution in [0.2, 0.25) is 0 Å². The Kier molecular flexibility index (Phi) is 12.9. The number of benzene rings is 12. The average Bonchev–Trinajstić information content (AvgIpc) is 1.66. The summed E-state index contributed by atoms with van der Waals surface area (Å²) in [6, 6.07) is 103. The molecule has 0 atom stereocenters. The molecule has 0 N–H and O–H groups in total. The van der Waals surface area contributed by atoms with Gasteiger partial charge in [-0.15, -0.1) is 0 Å². The Morgan fingerprint density at radius 2 is 0.425 bits per heavy atom. The Balaban J connectivity index is 0.653. The molecule has 2 heteroatoms. The van der Waals surface area contributed by atoms with E-state index in [2.05, 4.69) is 355 Å². The number of rotatable bonds is 12. The minimum absolute atomic E-state index is 0.160. The fraction of sp³-hybridized carbons (Fsp3) is 0.106. The average molecular weight is 1120 g/mol. The molecule has 0 spiro atoms. The van der Waals surface area contributed by atoms with Gasteiger partial charge in [0, 0.05) is 50.4 Å². The first kappa shape index (κ1) is 53.4. The minimum Gasteiger partial charge on any atom is -0.310 e. The molecule has 3 aliphatic rings. The summed E-state index contributed by atoms with van der Waals surface area (Å²) >= 11 is 0. The molecule has 0 aromatic heterocycles. The van der Waals surface area contributed by atoms with E-state index in [1.165, 1.54) is 111 Å². The van der Waals surface area contributed by atoms with Crippen LogP contribution in [0.4, 0.5) is 34.1 Å². The summed E-state index contributed by atoms with van der Waals surface area (Å²) in [6.45, 7) is 14.3. The van der Waals surface area contributed by atoms with Crippen LogP contribution >= 0.6 is 0 Å². The maximum absolute atomic E-state index is 2.42. The van der Waals surface area contributed by atoms with E-state index in [1.807, 2.05) is 0 Å². The molecule has 0 radical (unpaired) electrons. The third kappa shape index (κ3) is 9.36. The number of anilines is 6. The van der Waals surface area contributed by atoms with E-state index in [0.29, 0.717) is 0 Å². The topological polar surface area (TPSA) is 6.48 Å². The summed E-state index contributed by atoms with van der Waals surface area (Å²) in [6.07, 6.45) is 9.18. The largest absolute Gasteiger partial charge is 0.310 e. The van der Waals surface area contributed by atoms with E-state index in [0.717, 1.165) is 34.1 Å². The minimum atomic E-state index is -0.192. The van der Waals surface area contributed by atoms with E-state index in [1.54, 1.807) is 0 Å². The molecule has 0 unspecified atom stereocenters. The van der Waals surface area contributed by atoms with Crippen molar-refractivity contribution in [3.8, 4) is 55.6 Å². The van der Waals surface area contributed by atoms with Crippen LogP contribution in [-0.4, -0.2) is 0 Å². The van der Waals surface area contributed by atoms with E-state index in [-0.39, 0.29) is 16.2 Å². The zero-order valence-electron chi connectivity index (χ0n) is 50.3. The summed E-state index contributed by atoms with van der Waals surface area (Å²) in [5, 5.41) is 0. The Hall–Kier alpha value is -10.3. The van der Waals surface area contributed by atoms with Crippen LogP contribution in [0.15, 0.2) is 279 Å². The lowest BCUT2D eigenvalue weighted by Gasteiger charge is -2.28. The second kappa shape index (κ2) is 21.0. The molecule has 12 aromatic carbocycles. The van der Waals surface area contributed by atoms with Gasteiger partial charge in [0.1, 0.15) is 0 Å². The highest BCUT2D eigenvalue weighted by molar-refractivity contribution is 5.91. The summed E-state index contributed by atoms with van der Waals surface area (Å²) in [5.41, 5.74) is 32.0. The highest BCUT2D eigenvalue weighted by Crippen LogP contribution is 2.54. The molecular weight excluding hydrogens is 1050 g/mol. The molecule has 0 saturated carbocycles. The van der Waals surface area contributed by atoms with Crippen molar-refractivity contribution in [2.75, 3.05) is 9.80 Å². The molecular formula is C85H68N2. The third-order valence-electron chi connectivity index (χ3n) is 19.0. The third-order valence-corrected chi connectivity index (χ3v) is 19.0. The van der Waals surface area contributed by atoms with Gasteiger partial charge < -0.3 is 9.80 Å². The SMILES string of the molecule is CC1(C)c2cc(C=Cc3ccc4c(c3)C(C)(C)c3cc(N(c5ccccc5)c5ccc(-c6ccccc6)cc5)ccc3-4)ccc2-c2ccc(C=Cc3ccc4c(c3)C(C)(C)c3cc(N(c5ccccc5)c5ccc(-c6ccccc6)cc5)ccc3-4)cc21. The van der Waals surface area contributed by atoms with Crippen molar-refractivity contribution >= 4 is 58.4 Å². The molecule has 0 aliphatic heterocycles. The predicted octanol–water partition coefficient (Wildman–Crippen LogP) is 23.2. The van der Waals surface area contributed by atoms with Gasteiger partial charge >= 0.3 is 0 Å². The second-order valence-corrected chi connectivity index (χ2v) is 25.4. The number of hydrogen-bond donors (Lipinski definition) is 0. The van der Waals surface area contributed by atoms with Crippen molar-refractivity contribution in [3.05, 3.63) is 335 Å². The molecule has 0 fully saturated rings. The van der Waals surface area contributed by atoms with Crippen molar-refractivity contribution in [1.82, 2.24) is 0 Å². The Morgan fingerprint density at radius 1 is 0.207 bits per heavy atom.